The molecule has 2 aromatic carbocycles. The topological polar surface area (TPSA) is 0 Å². The second-order valence-electron chi connectivity index (χ2n) is 14.3. The van der Waals surface area contributed by atoms with E-state index < -0.39 is 21.3 Å². The molecule has 0 aromatic heterocycles. The third-order valence-electron chi connectivity index (χ3n) is 7.98. The summed E-state index contributed by atoms with van der Waals surface area (Å²) in [7, 11) is 0. The van der Waals surface area contributed by atoms with Gasteiger partial charge < -0.3 is 24.8 Å². The maximum Gasteiger partial charge on any atom is -1.00 e. The molecule has 2 aromatic rings. The molecular weight excluding hydrogens is 571 g/mol. The van der Waals surface area contributed by atoms with Crippen LogP contribution >= 0.6 is 0 Å². The summed E-state index contributed by atoms with van der Waals surface area (Å²) in [4.78, 5) is 0. The second kappa shape index (κ2) is 11.0. The fourth-order valence-corrected chi connectivity index (χ4v) is 13.6. The van der Waals surface area contributed by atoms with Gasteiger partial charge in [0.1, 0.15) is 0 Å². The van der Waals surface area contributed by atoms with E-state index in [4.69, 9.17) is 0 Å². The fraction of sp³-hybridized carbons (Fsp3) is 0.500. The van der Waals surface area contributed by atoms with Crippen molar-refractivity contribution in [3.05, 3.63) is 75.9 Å². The molecule has 0 N–H and O–H groups in total. The molecule has 0 saturated carbocycles. The summed E-state index contributed by atoms with van der Waals surface area (Å²) < 4.78 is 4.08. The van der Waals surface area contributed by atoms with Crippen LogP contribution in [0.15, 0.2) is 53.6 Å². The normalized spacial score (nSPS) is 16.5. The van der Waals surface area contributed by atoms with Gasteiger partial charge in [-0.25, -0.2) is 0 Å². The number of halogens is 2. The van der Waals surface area contributed by atoms with Gasteiger partial charge in [-0.1, -0.05) is 0 Å². The average molecular weight is 617 g/mol. The molecule has 0 saturated heterocycles. The van der Waals surface area contributed by atoms with E-state index in [9.17, 15) is 0 Å². The van der Waals surface area contributed by atoms with Crippen molar-refractivity contribution >= 4 is 6.48 Å². The third kappa shape index (κ3) is 6.37. The van der Waals surface area contributed by atoms with E-state index in [0.717, 1.165) is 6.42 Å². The minimum Gasteiger partial charge on any atom is -1.00 e. The van der Waals surface area contributed by atoms with Crippen LogP contribution in [-0.4, -0.2) is 3.21 Å². The molecule has 2 aliphatic rings. The van der Waals surface area contributed by atoms with E-state index in [1.165, 1.54) is 33.4 Å². The van der Waals surface area contributed by atoms with Crippen LogP contribution in [0.4, 0.5) is 0 Å². The van der Waals surface area contributed by atoms with E-state index in [2.05, 4.69) is 126 Å². The summed E-state index contributed by atoms with van der Waals surface area (Å²) in [5.41, 5.74) is 12.7. The predicted molar refractivity (Wildman–Crippen MR) is 153 cm³/mol. The molecule has 200 valence electrons. The minimum atomic E-state index is -2.20. The first-order valence-corrected chi connectivity index (χ1v) is 17.3. The van der Waals surface area contributed by atoms with Crippen LogP contribution in [0, 0.1) is 5.41 Å². The van der Waals surface area contributed by atoms with Crippen LogP contribution in [0.2, 0.25) is 3.63 Å². The van der Waals surface area contributed by atoms with Crippen LogP contribution in [0.5, 0.6) is 0 Å². The Hall–Kier alpha value is -0.747. The van der Waals surface area contributed by atoms with Gasteiger partial charge in [-0.05, 0) is 0 Å². The fourth-order valence-electron chi connectivity index (χ4n) is 5.63. The van der Waals surface area contributed by atoms with Crippen molar-refractivity contribution in [3.63, 3.8) is 0 Å². The summed E-state index contributed by atoms with van der Waals surface area (Å²) in [5.74, 6) is 0. The van der Waals surface area contributed by atoms with E-state index >= 15 is 0 Å². The molecule has 0 heterocycles. The zero-order valence-corrected chi connectivity index (χ0v) is 29.1. The molecular formula is C34H46Cl2Zr. The molecule has 0 fully saturated rings. The van der Waals surface area contributed by atoms with Crippen molar-refractivity contribution in [1.29, 1.82) is 0 Å². The van der Waals surface area contributed by atoms with Crippen molar-refractivity contribution in [3.8, 4) is 11.1 Å². The Morgan fingerprint density at radius 2 is 1.32 bits per heavy atom. The van der Waals surface area contributed by atoms with Crippen LogP contribution < -0.4 is 28.1 Å². The van der Waals surface area contributed by atoms with Crippen molar-refractivity contribution < 1.29 is 46.1 Å². The van der Waals surface area contributed by atoms with Crippen molar-refractivity contribution in [2.75, 3.05) is 0 Å². The molecule has 0 nitrogen and oxygen atoms in total. The Morgan fingerprint density at radius 1 is 0.757 bits per heavy atom. The molecule has 0 bridgehead atoms. The van der Waals surface area contributed by atoms with Gasteiger partial charge in [0.25, 0.3) is 0 Å². The number of fused-ring (bicyclic) bond motifs is 3. The molecule has 0 amide bonds. The first kappa shape index (κ1) is 32.5. The smallest absolute Gasteiger partial charge is 1.00 e. The molecule has 0 aliphatic heterocycles. The van der Waals surface area contributed by atoms with Crippen molar-refractivity contribution in [2.24, 2.45) is 5.41 Å². The standard InChI is InChI=1S/C21H25.C10H15.C3H6.2ClH.Zr/c1-20(2,3)16-9-7-14-11-15-8-10-17(21(4,5)6)13-19(15)18(14)12-16;1-8-5-6-9(7-8)10(2,3)4;1-3-2;;;/h7,9-10,12-13H,11H2,1-6H3;5-7H,1-4H3;1-2H3;2*1H;/q;;;;;+2/p-2. The molecule has 1 atom stereocenters. The molecule has 37 heavy (non-hydrogen) atoms. The molecule has 1 unspecified atom stereocenters. The van der Waals surface area contributed by atoms with Crippen molar-refractivity contribution in [1.82, 2.24) is 0 Å². The first-order chi connectivity index (χ1) is 16.0. The first-order valence-electron chi connectivity index (χ1n) is 13.4. The SMILES string of the molecule is CC1=CC(C(C)(C)C)=C[CH]1[Zr+2](=[C](C)C)[c]1cc(C(C)(C)C)cc2c1Cc1ccc(C(C)(C)C)cc1-2.[Cl-].[Cl-]. The Balaban J connectivity index is 0.00000241. The van der Waals surface area contributed by atoms with Gasteiger partial charge in [-0.15, -0.1) is 0 Å². The Kier molecular flexibility index (Phi) is 9.67. The van der Waals surface area contributed by atoms with E-state index in [1.54, 1.807) is 17.6 Å². The predicted octanol–water partition coefficient (Wildman–Crippen LogP) is 3.04. The Morgan fingerprint density at radius 3 is 1.81 bits per heavy atom. The summed E-state index contributed by atoms with van der Waals surface area (Å²) in [6.45, 7) is 28.5. The molecule has 2 aliphatic carbocycles. The zero-order chi connectivity index (χ0) is 26.1. The molecule has 0 spiro atoms. The van der Waals surface area contributed by atoms with E-state index in [1.807, 2.05) is 0 Å². The number of allylic oxidation sites excluding steroid dienone is 4. The van der Waals surface area contributed by atoms with Gasteiger partial charge >= 0.3 is 224 Å². The zero-order valence-electron chi connectivity index (χ0n) is 25.1. The molecule has 3 heteroatoms. The van der Waals surface area contributed by atoms with Crippen LogP contribution in [0.3, 0.4) is 0 Å². The van der Waals surface area contributed by atoms with Crippen LogP contribution in [0.25, 0.3) is 11.1 Å². The largest absolute Gasteiger partial charge is 1.00 e. The summed E-state index contributed by atoms with van der Waals surface area (Å²) in [6, 6.07) is 12.5. The number of hydrogen-bond donors (Lipinski definition) is 0. The summed E-state index contributed by atoms with van der Waals surface area (Å²) in [5, 5.41) is 0. The second-order valence-corrected chi connectivity index (χ2v) is 21.6. The van der Waals surface area contributed by atoms with Gasteiger partial charge in [0.15, 0.2) is 0 Å². The number of hydrogen-bond acceptors (Lipinski definition) is 0. The van der Waals surface area contributed by atoms with Crippen LogP contribution in [-0.2, 0) is 38.5 Å². The summed E-state index contributed by atoms with van der Waals surface area (Å²) >= 11 is -2.20. The maximum absolute atomic E-state index is 2.66. The Bertz CT molecular complexity index is 1280. The summed E-state index contributed by atoms with van der Waals surface area (Å²) in [6.07, 6.45) is 6.26. The molecule has 0 radical (unpaired) electrons. The van der Waals surface area contributed by atoms with Gasteiger partial charge in [0, 0.05) is 0 Å². The number of benzene rings is 2. The van der Waals surface area contributed by atoms with E-state index in [-0.39, 0.29) is 41.1 Å². The van der Waals surface area contributed by atoms with Gasteiger partial charge in [-0.2, -0.15) is 0 Å². The van der Waals surface area contributed by atoms with Crippen LogP contribution in [0.1, 0.15) is 105 Å². The average Bonchev–Trinajstić information content (AvgIpc) is 3.27. The van der Waals surface area contributed by atoms with Gasteiger partial charge in [-0.3, -0.25) is 0 Å². The minimum absolute atomic E-state index is 0. The van der Waals surface area contributed by atoms with E-state index in [0.29, 0.717) is 3.63 Å². The van der Waals surface area contributed by atoms with Gasteiger partial charge in [0.2, 0.25) is 0 Å². The monoisotopic (exact) mass is 614 g/mol. The maximum atomic E-state index is 2.66. The number of rotatable bonds is 2. The van der Waals surface area contributed by atoms with Crippen molar-refractivity contribution in [2.45, 2.75) is 104 Å². The Labute approximate surface area is 247 Å². The quantitative estimate of drug-likeness (QED) is 0.416. The molecule has 4 rings (SSSR count). The van der Waals surface area contributed by atoms with Gasteiger partial charge in [0.05, 0.1) is 0 Å². The third-order valence-corrected chi connectivity index (χ3v) is 16.2.